The van der Waals surface area contributed by atoms with Crippen LogP contribution in [0.2, 0.25) is 0 Å². The molecule has 0 unspecified atom stereocenters. The van der Waals surface area contributed by atoms with E-state index in [0.717, 1.165) is 23.7 Å². The number of hydrogen-bond donors (Lipinski definition) is 0. The molecule has 0 amide bonds. The van der Waals surface area contributed by atoms with Crippen LogP contribution in [0.4, 0.5) is 17.1 Å². The van der Waals surface area contributed by atoms with Gasteiger partial charge in [0.2, 0.25) is 0 Å². The highest BCUT2D eigenvalue weighted by Gasteiger charge is 2.62. The van der Waals surface area contributed by atoms with Gasteiger partial charge in [0.15, 0.2) is 0 Å². The zero-order valence-electron chi connectivity index (χ0n) is 29.9. The van der Waals surface area contributed by atoms with Crippen LogP contribution >= 0.6 is 11.3 Å². The van der Waals surface area contributed by atoms with Gasteiger partial charge in [-0.3, -0.25) is 0 Å². The summed E-state index contributed by atoms with van der Waals surface area (Å²) in [6.07, 6.45) is 9.53. The lowest BCUT2D eigenvalue weighted by atomic mass is 9.43. The predicted molar refractivity (Wildman–Crippen MR) is 213 cm³/mol. The van der Waals surface area contributed by atoms with Crippen LogP contribution in [0.3, 0.4) is 0 Å². The number of benzene rings is 5. The molecule has 1 heterocycles. The number of thiophene rings is 1. The Balaban J connectivity index is 1.21. The molecule has 0 aliphatic heterocycles. The Hall–Kier alpha value is -3.88. The van der Waals surface area contributed by atoms with Crippen molar-refractivity contribution in [2.45, 2.75) is 88.9 Å². The van der Waals surface area contributed by atoms with Crippen molar-refractivity contribution in [3.8, 4) is 11.1 Å². The second-order valence-corrected chi connectivity index (χ2v) is 19.1. The minimum Gasteiger partial charge on any atom is -0.310 e. The van der Waals surface area contributed by atoms with Gasteiger partial charge in [0, 0.05) is 36.8 Å². The Labute approximate surface area is 301 Å². The third-order valence-electron chi connectivity index (χ3n) is 14.5. The zero-order chi connectivity index (χ0) is 33.6. The molecule has 12 rings (SSSR count). The van der Waals surface area contributed by atoms with E-state index < -0.39 is 0 Å². The molecule has 1 aromatic heterocycles. The second kappa shape index (κ2) is 10.1. The monoisotopic (exact) mass is 669 g/mol. The normalized spacial score (nSPS) is 27.8. The first-order valence-corrected chi connectivity index (χ1v) is 20.1. The van der Waals surface area contributed by atoms with Crippen molar-refractivity contribution in [3.05, 3.63) is 125 Å². The summed E-state index contributed by atoms with van der Waals surface area (Å²) >= 11 is 1.93. The average molecular weight is 670 g/mol. The van der Waals surface area contributed by atoms with Crippen LogP contribution in [-0.2, 0) is 16.2 Å². The minimum atomic E-state index is 0.0694. The van der Waals surface area contributed by atoms with E-state index in [1.807, 2.05) is 11.3 Å². The van der Waals surface area contributed by atoms with Gasteiger partial charge in [0.05, 0.1) is 11.4 Å². The van der Waals surface area contributed by atoms with Crippen molar-refractivity contribution in [1.29, 1.82) is 0 Å². The summed E-state index contributed by atoms with van der Waals surface area (Å²) in [5.74, 6) is 3.38. The van der Waals surface area contributed by atoms with Gasteiger partial charge in [-0.1, -0.05) is 100 Å². The molecule has 1 spiro atoms. The summed E-state index contributed by atoms with van der Waals surface area (Å²) in [6, 6.07) is 40.5. The number of nitrogens with zero attached hydrogens (tertiary/aromatic N) is 1. The number of rotatable bonds is 3. The van der Waals surface area contributed by atoms with E-state index in [9.17, 15) is 0 Å². The molecule has 6 aliphatic carbocycles. The summed E-state index contributed by atoms with van der Waals surface area (Å²) in [5, 5.41) is 2.73. The van der Waals surface area contributed by atoms with Crippen molar-refractivity contribution >= 4 is 48.6 Å². The van der Waals surface area contributed by atoms with Gasteiger partial charge in [-0.25, -0.2) is 0 Å². The fraction of sp³-hybridized carbons (Fsp3) is 0.375. The Bertz CT molecular complexity index is 2340. The van der Waals surface area contributed by atoms with Crippen LogP contribution < -0.4 is 4.90 Å². The van der Waals surface area contributed by atoms with E-state index in [-0.39, 0.29) is 16.2 Å². The van der Waals surface area contributed by atoms with E-state index in [0.29, 0.717) is 0 Å². The summed E-state index contributed by atoms with van der Waals surface area (Å²) in [5.41, 5.74) is 13.6. The molecular formula is C48H47NS. The maximum atomic E-state index is 2.70. The molecule has 2 heteroatoms. The van der Waals surface area contributed by atoms with Crippen LogP contribution in [0.15, 0.2) is 103 Å². The molecule has 0 radical (unpaired) electrons. The van der Waals surface area contributed by atoms with Gasteiger partial charge in [-0.05, 0) is 138 Å². The smallest absolute Gasteiger partial charge is 0.0543 e. The minimum absolute atomic E-state index is 0.0694. The average Bonchev–Trinajstić information content (AvgIpc) is 3.63. The highest BCUT2D eigenvalue weighted by molar-refractivity contribution is 7.25. The topological polar surface area (TPSA) is 3.24 Å². The molecule has 250 valence electrons. The van der Waals surface area contributed by atoms with Gasteiger partial charge in [-0.15, -0.1) is 11.3 Å². The Morgan fingerprint density at radius 2 is 1.20 bits per heavy atom. The van der Waals surface area contributed by atoms with E-state index >= 15 is 0 Å². The molecule has 0 atom stereocenters. The SMILES string of the molecule is CC1(C)CCC(C)(C)c2c(N(c3ccc4c(c3)sc3ccccc34)c3cccc4c3-c3ccccc3C43C4CC5CC(C4)CC3C5)cccc21. The van der Waals surface area contributed by atoms with E-state index in [1.54, 1.807) is 11.1 Å². The second-order valence-electron chi connectivity index (χ2n) is 18.0. The van der Waals surface area contributed by atoms with Crippen LogP contribution in [-0.4, -0.2) is 0 Å². The fourth-order valence-corrected chi connectivity index (χ4v) is 13.7. The lowest BCUT2D eigenvalue weighted by Crippen LogP contribution is -2.55. The zero-order valence-corrected chi connectivity index (χ0v) is 30.7. The summed E-state index contributed by atoms with van der Waals surface area (Å²) < 4.78 is 2.73. The van der Waals surface area contributed by atoms with E-state index in [2.05, 4.69) is 136 Å². The van der Waals surface area contributed by atoms with Crippen molar-refractivity contribution in [3.63, 3.8) is 0 Å². The van der Waals surface area contributed by atoms with Gasteiger partial charge in [0.1, 0.15) is 0 Å². The van der Waals surface area contributed by atoms with E-state index in [4.69, 9.17) is 0 Å². The highest BCUT2D eigenvalue weighted by atomic mass is 32.1. The molecular weight excluding hydrogens is 623 g/mol. The first-order chi connectivity index (χ1) is 24.2. The van der Waals surface area contributed by atoms with Crippen LogP contribution in [0.1, 0.15) is 94.9 Å². The highest BCUT2D eigenvalue weighted by Crippen LogP contribution is 2.70. The number of fused-ring (bicyclic) bond motifs is 7. The standard InChI is InChI=1S/C48H47NS/c1-46(2)21-22-47(3,4)45-39(46)15-10-17-41(45)49(33-19-20-35-34-11-6-8-18-42(34)50-43(35)28-33)40-16-9-14-38-44(40)36-12-5-7-13-37(36)48(38)31-24-29-23-30(26-31)27-32(48)25-29/h5-20,28-32H,21-27H2,1-4H3. The predicted octanol–water partition coefficient (Wildman–Crippen LogP) is 13.6. The molecule has 6 aromatic rings. The molecule has 1 nitrogen and oxygen atoms in total. The van der Waals surface area contributed by atoms with Gasteiger partial charge in [-0.2, -0.15) is 0 Å². The Kier molecular flexibility index (Phi) is 6.04. The van der Waals surface area contributed by atoms with Crippen molar-refractivity contribution in [2.24, 2.45) is 23.7 Å². The molecule has 4 bridgehead atoms. The Morgan fingerprint density at radius 3 is 2.00 bits per heavy atom. The third kappa shape index (κ3) is 3.84. The molecule has 5 aromatic carbocycles. The number of anilines is 3. The van der Waals surface area contributed by atoms with Crippen molar-refractivity contribution in [1.82, 2.24) is 0 Å². The molecule has 0 saturated heterocycles. The van der Waals surface area contributed by atoms with Gasteiger partial charge >= 0.3 is 0 Å². The van der Waals surface area contributed by atoms with Crippen LogP contribution in [0.5, 0.6) is 0 Å². The summed E-state index contributed by atoms with van der Waals surface area (Å²) in [7, 11) is 0. The van der Waals surface area contributed by atoms with E-state index in [1.165, 1.54) is 104 Å². The quantitative estimate of drug-likeness (QED) is 0.181. The maximum Gasteiger partial charge on any atom is 0.0543 e. The van der Waals surface area contributed by atoms with Crippen LogP contribution in [0.25, 0.3) is 31.3 Å². The largest absolute Gasteiger partial charge is 0.310 e. The fourth-order valence-electron chi connectivity index (χ4n) is 12.5. The molecule has 50 heavy (non-hydrogen) atoms. The summed E-state index contributed by atoms with van der Waals surface area (Å²) in [6.45, 7) is 9.91. The molecule has 6 aliphatic rings. The van der Waals surface area contributed by atoms with Crippen LogP contribution in [0, 0.1) is 23.7 Å². The third-order valence-corrected chi connectivity index (χ3v) is 15.6. The van der Waals surface area contributed by atoms with Gasteiger partial charge < -0.3 is 4.90 Å². The maximum absolute atomic E-state index is 2.70. The summed E-state index contributed by atoms with van der Waals surface area (Å²) in [4.78, 5) is 2.70. The van der Waals surface area contributed by atoms with Crippen molar-refractivity contribution in [2.75, 3.05) is 4.90 Å². The van der Waals surface area contributed by atoms with Crippen molar-refractivity contribution < 1.29 is 0 Å². The first kappa shape index (κ1) is 29.8. The lowest BCUT2D eigenvalue weighted by Gasteiger charge is -2.61. The molecule has 4 fully saturated rings. The first-order valence-electron chi connectivity index (χ1n) is 19.3. The van der Waals surface area contributed by atoms with Gasteiger partial charge in [0.25, 0.3) is 0 Å². The Morgan fingerprint density at radius 1 is 0.560 bits per heavy atom. The molecule has 4 saturated carbocycles. The molecule has 0 N–H and O–H groups in total. The lowest BCUT2D eigenvalue weighted by molar-refractivity contribution is -0.0399. The number of hydrogen-bond acceptors (Lipinski definition) is 2.